The van der Waals surface area contributed by atoms with Crippen LogP contribution in [0.2, 0.25) is 0 Å². The normalized spacial score (nSPS) is 13.6. The first-order valence-electron chi connectivity index (χ1n) is 8.65. The zero-order valence-electron chi connectivity index (χ0n) is 15.0. The van der Waals surface area contributed by atoms with Crippen molar-refractivity contribution in [3.05, 3.63) is 48.0 Å². The van der Waals surface area contributed by atoms with Crippen molar-refractivity contribution in [2.75, 3.05) is 30.5 Å². The summed E-state index contributed by atoms with van der Waals surface area (Å²) < 4.78 is 10.8. The maximum absolute atomic E-state index is 12.7. The molecule has 0 aliphatic carbocycles. The number of nitrogens with one attached hydrogen (secondary N) is 1. The summed E-state index contributed by atoms with van der Waals surface area (Å²) in [5.74, 6) is 0.902. The molecule has 2 amide bonds. The molecule has 2 aromatic carbocycles. The Morgan fingerprint density at radius 1 is 1.19 bits per heavy atom. The van der Waals surface area contributed by atoms with E-state index in [-0.39, 0.29) is 11.8 Å². The molecule has 0 bridgehead atoms. The highest BCUT2D eigenvalue weighted by Gasteiger charge is 2.24. The maximum Gasteiger partial charge on any atom is 0.255 e. The first kappa shape index (κ1) is 17.8. The molecule has 1 aliphatic rings. The summed E-state index contributed by atoms with van der Waals surface area (Å²) >= 11 is 0. The van der Waals surface area contributed by atoms with E-state index < -0.39 is 0 Å². The molecule has 1 fully saturated rings. The van der Waals surface area contributed by atoms with Crippen molar-refractivity contribution in [2.24, 2.45) is 0 Å². The average Bonchev–Trinajstić information content (AvgIpc) is 3.08. The van der Waals surface area contributed by atoms with Gasteiger partial charge in [0.25, 0.3) is 5.91 Å². The van der Waals surface area contributed by atoms with Crippen molar-refractivity contribution in [2.45, 2.75) is 19.8 Å². The lowest BCUT2D eigenvalue weighted by atomic mass is 10.1. The second-order valence-corrected chi connectivity index (χ2v) is 5.92. The second kappa shape index (κ2) is 7.91. The van der Waals surface area contributed by atoms with Crippen LogP contribution in [0.3, 0.4) is 0 Å². The number of carbonyl (C=O) groups is 2. The Kier molecular flexibility index (Phi) is 5.41. The van der Waals surface area contributed by atoms with Crippen molar-refractivity contribution >= 4 is 23.2 Å². The fraction of sp³-hybridized carbons (Fsp3) is 0.300. The molecule has 0 saturated carbocycles. The predicted octanol–water partition coefficient (Wildman–Crippen LogP) is 3.47. The number of amides is 2. The lowest BCUT2D eigenvalue weighted by Gasteiger charge is -2.20. The Hall–Kier alpha value is -3.02. The third kappa shape index (κ3) is 3.64. The highest BCUT2D eigenvalue weighted by Crippen LogP contribution is 2.31. The number of carbonyl (C=O) groups excluding carboxylic acids is 2. The highest BCUT2D eigenvalue weighted by molar-refractivity contribution is 6.08. The standard InChI is InChI=1S/C20H22N2O4/c1-3-26-18-13-14(10-11-17(18)25-2)20(24)21-15-7-4-5-8-16(15)22-12-6-9-19(22)23/h4-5,7-8,10-11,13H,3,6,9,12H2,1-2H3,(H,21,24). The molecule has 1 N–H and O–H groups in total. The van der Waals surface area contributed by atoms with Gasteiger partial charge in [-0.15, -0.1) is 0 Å². The van der Waals surface area contributed by atoms with Crippen LogP contribution in [0.5, 0.6) is 11.5 Å². The first-order chi connectivity index (χ1) is 12.6. The molecule has 26 heavy (non-hydrogen) atoms. The molecule has 2 aromatic rings. The molecule has 6 heteroatoms. The molecule has 1 saturated heterocycles. The van der Waals surface area contributed by atoms with Crippen molar-refractivity contribution < 1.29 is 19.1 Å². The Bertz CT molecular complexity index is 819. The molecule has 0 spiro atoms. The van der Waals surface area contributed by atoms with E-state index in [2.05, 4.69) is 5.32 Å². The molecule has 0 aromatic heterocycles. The number of rotatable bonds is 6. The van der Waals surface area contributed by atoms with Gasteiger partial charge in [0.2, 0.25) is 5.91 Å². The molecule has 136 valence electrons. The predicted molar refractivity (Wildman–Crippen MR) is 100 cm³/mol. The molecule has 6 nitrogen and oxygen atoms in total. The van der Waals surface area contributed by atoms with Crippen LogP contribution in [0.25, 0.3) is 0 Å². The van der Waals surface area contributed by atoms with Crippen molar-refractivity contribution in [3.63, 3.8) is 0 Å². The molecule has 0 unspecified atom stereocenters. The van der Waals surface area contributed by atoms with Crippen LogP contribution in [-0.2, 0) is 4.79 Å². The van der Waals surface area contributed by atoms with Gasteiger partial charge in [-0.05, 0) is 43.7 Å². The zero-order chi connectivity index (χ0) is 18.5. The van der Waals surface area contributed by atoms with Crippen LogP contribution in [0, 0.1) is 0 Å². The number of methoxy groups -OCH3 is 1. The Morgan fingerprint density at radius 2 is 2.00 bits per heavy atom. The SMILES string of the molecule is CCOc1cc(C(=O)Nc2ccccc2N2CCCC2=O)ccc1OC. The summed E-state index contributed by atoms with van der Waals surface area (Å²) in [6, 6.07) is 12.4. The maximum atomic E-state index is 12.7. The number of benzene rings is 2. The van der Waals surface area contributed by atoms with Gasteiger partial charge in [0, 0.05) is 18.5 Å². The van der Waals surface area contributed by atoms with Gasteiger partial charge in [0.15, 0.2) is 11.5 Å². The summed E-state index contributed by atoms with van der Waals surface area (Å²) in [6.07, 6.45) is 1.37. The fourth-order valence-electron chi connectivity index (χ4n) is 3.00. The van der Waals surface area contributed by atoms with Gasteiger partial charge in [-0.3, -0.25) is 9.59 Å². The number of hydrogen-bond donors (Lipinski definition) is 1. The number of hydrogen-bond acceptors (Lipinski definition) is 4. The minimum absolute atomic E-state index is 0.0785. The minimum atomic E-state index is -0.271. The van der Waals surface area contributed by atoms with Crippen LogP contribution < -0.4 is 19.7 Å². The number of nitrogens with zero attached hydrogens (tertiary/aromatic N) is 1. The minimum Gasteiger partial charge on any atom is -0.493 e. The molecule has 1 heterocycles. The van der Waals surface area contributed by atoms with Crippen molar-refractivity contribution in [1.29, 1.82) is 0 Å². The summed E-state index contributed by atoms with van der Waals surface area (Å²) in [4.78, 5) is 26.5. The van der Waals surface area contributed by atoms with Crippen LogP contribution in [0.1, 0.15) is 30.1 Å². The lowest BCUT2D eigenvalue weighted by Crippen LogP contribution is -2.25. The molecule has 3 rings (SSSR count). The van der Waals surface area contributed by atoms with E-state index in [4.69, 9.17) is 9.47 Å². The summed E-state index contributed by atoms with van der Waals surface area (Å²) in [7, 11) is 1.56. The summed E-state index contributed by atoms with van der Waals surface area (Å²) in [5, 5.41) is 2.90. The lowest BCUT2D eigenvalue weighted by molar-refractivity contribution is -0.117. The van der Waals surface area contributed by atoms with E-state index in [9.17, 15) is 9.59 Å². The summed E-state index contributed by atoms with van der Waals surface area (Å²) in [5.41, 5.74) is 1.79. The second-order valence-electron chi connectivity index (χ2n) is 5.92. The Morgan fingerprint density at radius 3 is 2.69 bits per heavy atom. The molecule has 1 aliphatic heterocycles. The van der Waals surface area contributed by atoms with Gasteiger partial charge in [-0.1, -0.05) is 12.1 Å². The third-order valence-corrected chi connectivity index (χ3v) is 4.24. The van der Waals surface area contributed by atoms with Crippen LogP contribution >= 0.6 is 0 Å². The fourth-order valence-corrected chi connectivity index (χ4v) is 3.00. The van der Waals surface area contributed by atoms with E-state index >= 15 is 0 Å². The van der Waals surface area contributed by atoms with Crippen molar-refractivity contribution in [3.8, 4) is 11.5 Å². The van der Waals surface area contributed by atoms with Crippen LogP contribution in [0.4, 0.5) is 11.4 Å². The van der Waals surface area contributed by atoms with E-state index in [1.807, 2.05) is 25.1 Å². The van der Waals surface area contributed by atoms with E-state index in [1.165, 1.54) is 0 Å². The molecule has 0 atom stereocenters. The number of ether oxygens (including phenoxy) is 2. The largest absolute Gasteiger partial charge is 0.493 e. The third-order valence-electron chi connectivity index (χ3n) is 4.24. The average molecular weight is 354 g/mol. The van der Waals surface area contributed by atoms with Gasteiger partial charge in [-0.2, -0.15) is 0 Å². The molecular formula is C20H22N2O4. The van der Waals surface area contributed by atoms with E-state index in [0.29, 0.717) is 42.3 Å². The van der Waals surface area contributed by atoms with Gasteiger partial charge in [-0.25, -0.2) is 0 Å². The van der Waals surface area contributed by atoms with E-state index in [0.717, 1.165) is 12.1 Å². The number of anilines is 2. The van der Waals surface area contributed by atoms with Gasteiger partial charge < -0.3 is 19.7 Å². The van der Waals surface area contributed by atoms with Crippen LogP contribution in [-0.4, -0.2) is 32.1 Å². The van der Waals surface area contributed by atoms with Gasteiger partial charge >= 0.3 is 0 Å². The Labute approximate surface area is 152 Å². The first-order valence-corrected chi connectivity index (χ1v) is 8.65. The van der Waals surface area contributed by atoms with E-state index in [1.54, 1.807) is 36.3 Å². The van der Waals surface area contributed by atoms with Crippen molar-refractivity contribution in [1.82, 2.24) is 0 Å². The monoisotopic (exact) mass is 354 g/mol. The number of para-hydroxylation sites is 2. The van der Waals surface area contributed by atoms with Crippen LogP contribution in [0.15, 0.2) is 42.5 Å². The Balaban J connectivity index is 1.85. The highest BCUT2D eigenvalue weighted by atomic mass is 16.5. The topological polar surface area (TPSA) is 67.9 Å². The molecular weight excluding hydrogens is 332 g/mol. The zero-order valence-corrected chi connectivity index (χ0v) is 15.0. The van der Waals surface area contributed by atoms with Gasteiger partial charge in [0.1, 0.15) is 0 Å². The molecule has 0 radical (unpaired) electrons. The quantitative estimate of drug-likeness (QED) is 0.862. The van der Waals surface area contributed by atoms with Gasteiger partial charge in [0.05, 0.1) is 25.1 Å². The summed E-state index contributed by atoms with van der Waals surface area (Å²) in [6.45, 7) is 3.01. The smallest absolute Gasteiger partial charge is 0.255 e.